The minimum absolute atomic E-state index is 0.884. The van der Waals surface area contributed by atoms with Crippen molar-refractivity contribution in [1.82, 2.24) is 9.78 Å². The molecule has 2 heterocycles. The number of hydrogen-bond donors (Lipinski definition) is 1. The summed E-state index contributed by atoms with van der Waals surface area (Å²) in [6, 6.07) is 10.6. The molecule has 0 unspecified atom stereocenters. The highest BCUT2D eigenvalue weighted by Gasteiger charge is 1.97. The highest BCUT2D eigenvalue weighted by Crippen LogP contribution is 2.23. The van der Waals surface area contributed by atoms with Gasteiger partial charge in [-0.1, -0.05) is 0 Å². The molecule has 0 saturated carbocycles. The maximum atomic E-state index is 4.17. The highest BCUT2D eigenvalue weighted by atomic mass is 32.1. The van der Waals surface area contributed by atoms with Gasteiger partial charge in [-0.2, -0.15) is 5.10 Å². The van der Waals surface area contributed by atoms with E-state index in [-0.39, 0.29) is 0 Å². The summed E-state index contributed by atoms with van der Waals surface area (Å²) >= 11 is 1.78. The molecule has 0 aliphatic rings. The Morgan fingerprint density at radius 1 is 1.29 bits per heavy atom. The SMILES string of the molecule is c1cnn(CCNc2ccc3sccc3c2)c1. The standard InChI is InChI=1S/C13H13N3S/c1-5-15-16(7-1)8-6-14-12-2-3-13-11(10-12)4-9-17-13/h1-5,7,9-10,14H,6,8H2. The van der Waals surface area contributed by atoms with E-state index in [4.69, 9.17) is 0 Å². The summed E-state index contributed by atoms with van der Waals surface area (Å²) in [5.74, 6) is 0. The first kappa shape index (κ1) is 10.4. The normalized spacial score (nSPS) is 10.8. The van der Waals surface area contributed by atoms with E-state index >= 15 is 0 Å². The van der Waals surface area contributed by atoms with Crippen molar-refractivity contribution in [1.29, 1.82) is 0 Å². The van der Waals surface area contributed by atoms with Gasteiger partial charge in [0, 0.05) is 29.3 Å². The lowest BCUT2D eigenvalue weighted by molar-refractivity contribution is 0.638. The number of hydrogen-bond acceptors (Lipinski definition) is 3. The molecule has 0 radical (unpaired) electrons. The molecule has 0 aliphatic heterocycles. The summed E-state index contributed by atoms with van der Waals surface area (Å²) in [4.78, 5) is 0. The second-order valence-electron chi connectivity index (χ2n) is 3.87. The molecule has 3 rings (SSSR count). The molecular formula is C13H13N3S. The number of nitrogens with zero attached hydrogens (tertiary/aromatic N) is 2. The zero-order valence-electron chi connectivity index (χ0n) is 9.34. The molecule has 17 heavy (non-hydrogen) atoms. The summed E-state index contributed by atoms with van der Waals surface area (Å²) < 4.78 is 3.26. The van der Waals surface area contributed by atoms with Crippen molar-refractivity contribution >= 4 is 27.1 Å². The maximum absolute atomic E-state index is 4.17. The van der Waals surface area contributed by atoms with Crippen LogP contribution in [0.5, 0.6) is 0 Å². The predicted molar refractivity (Wildman–Crippen MR) is 72.5 cm³/mol. The van der Waals surface area contributed by atoms with Crippen LogP contribution >= 0.6 is 11.3 Å². The largest absolute Gasteiger partial charge is 0.383 e. The van der Waals surface area contributed by atoms with Gasteiger partial charge in [0.25, 0.3) is 0 Å². The second kappa shape index (κ2) is 4.59. The molecule has 0 fully saturated rings. The minimum Gasteiger partial charge on any atom is -0.383 e. The van der Waals surface area contributed by atoms with E-state index in [1.807, 2.05) is 16.9 Å². The highest BCUT2D eigenvalue weighted by molar-refractivity contribution is 7.17. The van der Waals surface area contributed by atoms with Crippen molar-refractivity contribution < 1.29 is 0 Å². The van der Waals surface area contributed by atoms with Crippen LogP contribution in [0.1, 0.15) is 0 Å². The van der Waals surface area contributed by atoms with Crippen LogP contribution in [0.15, 0.2) is 48.1 Å². The molecule has 2 aromatic heterocycles. The van der Waals surface area contributed by atoms with Gasteiger partial charge in [-0.05, 0) is 41.1 Å². The molecule has 3 aromatic rings. The van der Waals surface area contributed by atoms with Gasteiger partial charge in [0.1, 0.15) is 0 Å². The predicted octanol–water partition coefficient (Wildman–Crippen LogP) is 3.21. The van der Waals surface area contributed by atoms with E-state index in [0.717, 1.165) is 13.1 Å². The quantitative estimate of drug-likeness (QED) is 0.762. The summed E-state index contributed by atoms with van der Waals surface area (Å²) in [5.41, 5.74) is 1.17. The third kappa shape index (κ3) is 2.31. The fourth-order valence-electron chi connectivity index (χ4n) is 1.82. The van der Waals surface area contributed by atoms with Crippen LogP contribution in [-0.2, 0) is 6.54 Å². The van der Waals surface area contributed by atoms with Crippen LogP contribution in [0.4, 0.5) is 5.69 Å². The zero-order valence-corrected chi connectivity index (χ0v) is 10.2. The molecule has 0 aliphatic carbocycles. The van der Waals surface area contributed by atoms with E-state index in [2.05, 4.69) is 40.1 Å². The van der Waals surface area contributed by atoms with Gasteiger partial charge >= 0.3 is 0 Å². The van der Waals surface area contributed by atoms with Gasteiger partial charge in [0.05, 0.1) is 6.54 Å². The summed E-state index contributed by atoms with van der Waals surface area (Å²) in [6.45, 7) is 1.77. The number of thiophene rings is 1. The van der Waals surface area contributed by atoms with Crippen LogP contribution in [-0.4, -0.2) is 16.3 Å². The monoisotopic (exact) mass is 243 g/mol. The molecule has 0 amide bonds. The fraction of sp³-hybridized carbons (Fsp3) is 0.154. The van der Waals surface area contributed by atoms with Crippen LogP contribution in [0, 0.1) is 0 Å². The summed E-state index contributed by atoms with van der Waals surface area (Å²) in [5, 5.41) is 11.0. The lowest BCUT2D eigenvalue weighted by Crippen LogP contribution is -2.10. The molecular weight excluding hydrogens is 230 g/mol. The molecule has 0 bridgehead atoms. The minimum atomic E-state index is 0.884. The summed E-state index contributed by atoms with van der Waals surface area (Å²) in [6.07, 6.45) is 3.78. The van der Waals surface area contributed by atoms with Crippen molar-refractivity contribution in [2.75, 3.05) is 11.9 Å². The number of fused-ring (bicyclic) bond motifs is 1. The number of aromatic nitrogens is 2. The maximum Gasteiger partial charge on any atom is 0.0582 e. The molecule has 0 spiro atoms. The van der Waals surface area contributed by atoms with Crippen LogP contribution < -0.4 is 5.32 Å². The molecule has 0 atom stereocenters. The Morgan fingerprint density at radius 3 is 3.18 bits per heavy atom. The fourth-order valence-corrected chi connectivity index (χ4v) is 2.60. The van der Waals surface area contributed by atoms with Gasteiger partial charge in [0.2, 0.25) is 0 Å². The van der Waals surface area contributed by atoms with Crippen molar-refractivity contribution in [3.8, 4) is 0 Å². The van der Waals surface area contributed by atoms with Crippen molar-refractivity contribution in [3.05, 3.63) is 48.1 Å². The first-order valence-corrected chi connectivity index (χ1v) is 6.48. The van der Waals surface area contributed by atoms with Crippen LogP contribution in [0.25, 0.3) is 10.1 Å². The van der Waals surface area contributed by atoms with Crippen molar-refractivity contribution in [3.63, 3.8) is 0 Å². The molecule has 1 N–H and O–H groups in total. The third-order valence-corrected chi connectivity index (χ3v) is 3.58. The van der Waals surface area contributed by atoms with Crippen LogP contribution in [0.3, 0.4) is 0 Å². The van der Waals surface area contributed by atoms with E-state index in [9.17, 15) is 0 Å². The lowest BCUT2D eigenvalue weighted by atomic mass is 10.2. The lowest BCUT2D eigenvalue weighted by Gasteiger charge is -2.06. The van der Waals surface area contributed by atoms with Gasteiger partial charge in [-0.15, -0.1) is 11.3 Å². The topological polar surface area (TPSA) is 29.9 Å². The molecule has 1 aromatic carbocycles. The van der Waals surface area contributed by atoms with Gasteiger partial charge in [-0.25, -0.2) is 0 Å². The average Bonchev–Trinajstić information content (AvgIpc) is 2.98. The van der Waals surface area contributed by atoms with E-state index in [1.54, 1.807) is 17.5 Å². The van der Waals surface area contributed by atoms with E-state index in [1.165, 1.54) is 15.8 Å². The molecule has 86 valence electrons. The Hall–Kier alpha value is -1.81. The van der Waals surface area contributed by atoms with Crippen molar-refractivity contribution in [2.24, 2.45) is 0 Å². The van der Waals surface area contributed by atoms with Gasteiger partial charge in [-0.3, -0.25) is 4.68 Å². The first-order valence-electron chi connectivity index (χ1n) is 5.60. The molecule has 0 saturated heterocycles. The van der Waals surface area contributed by atoms with Gasteiger partial charge < -0.3 is 5.32 Å². The van der Waals surface area contributed by atoms with Crippen molar-refractivity contribution in [2.45, 2.75) is 6.54 Å². The Kier molecular flexibility index (Phi) is 2.80. The average molecular weight is 243 g/mol. The Morgan fingerprint density at radius 2 is 2.29 bits per heavy atom. The zero-order chi connectivity index (χ0) is 11.5. The third-order valence-electron chi connectivity index (χ3n) is 2.68. The number of benzene rings is 1. The number of rotatable bonds is 4. The molecule has 4 heteroatoms. The van der Waals surface area contributed by atoms with Gasteiger partial charge in [0.15, 0.2) is 0 Å². The Balaban J connectivity index is 1.64. The molecule has 3 nitrogen and oxygen atoms in total. The second-order valence-corrected chi connectivity index (χ2v) is 4.82. The summed E-state index contributed by atoms with van der Waals surface area (Å²) in [7, 11) is 0. The first-order chi connectivity index (χ1) is 8.42. The number of anilines is 1. The Bertz CT molecular complexity index is 598. The van der Waals surface area contributed by atoms with Crippen LogP contribution in [0.2, 0.25) is 0 Å². The van der Waals surface area contributed by atoms with E-state index in [0.29, 0.717) is 0 Å². The van der Waals surface area contributed by atoms with E-state index < -0.39 is 0 Å². The Labute approximate surface area is 104 Å². The smallest absolute Gasteiger partial charge is 0.0582 e. The number of nitrogens with one attached hydrogen (secondary N) is 1.